The smallest absolute Gasteiger partial charge is 0.142 e. The fraction of sp³-hybridized carbons (Fsp3) is 0.350. The zero-order valence-corrected chi connectivity index (χ0v) is 12.6. The van der Waals surface area contributed by atoms with Crippen molar-refractivity contribution in [3.8, 4) is 0 Å². The van der Waals surface area contributed by atoms with Gasteiger partial charge in [0, 0.05) is 23.9 Å². The van der Waals surface area contributed by atoms with Crippen LogP contribution in [-0.4, -0.2) is 5.78 Å². The second kappa shape index (κ2) is 5.69. The van der Waals surface area contributed by atoms with E-state index in [1.165, 1.54) is 11.1 Å². The summed E-state index contributed by atoms with van der Waals surface area (Å²) in [4.78, 5) is 12.9. The first kappa shape index (κ1) is 13.7. The highest BCUT2D eigenvalue weighted by molar-refractivity contribution is 5.86. The normalized spacial score (nSPS) is 31.0. The molecule has 112 valence electrons. The molecule has 4 atom stereocenters. The van der Waals surface area contributed by atoms with Crippen LogP contribution in [-0.2, 0) is 4.79 Å². The summed E-state index contributed by atoms with van der Waals surface area (Å²) in [6, 6.07) is 21.2. The van der Waals surface area contributed by atoms with Gasteiger partial charge in [0.05, 0.1) is 0 Å². The van der Waals surface area contributed by atoms with Gasteiger partial charge in [-0.25, -0.2) is 0 Å². The quantitative estimate of drug-likeness (QED) is 0.904. The first-order valence-corrected chi connectivity index (χ1v) is 8.24. The third-order valence-corrected chi connectivity index (χ3v) is 5.24. The molecule has 0 unspecified atom stereocenters. The molecule has 0 amide bonds. The molecule has 0 spiro atoms. The van der Waals surface area contributed by atoms with Crippen molar-refractivity contribution in [1.29, 1.82) is 0 Å². The molecular weight excluding hydrogens is 270 g/mol. The number of ketones is 1. The van der Waals surface area contributed by atoms with Gasteiger partial charge < -0.3 is 5.32 Å². The predicted molar refractivity (Wildman–Crippen MR) is 87.3 cm³/mol. The lowest BCUT2D eigenvalue weighted by molar-refractivity contribution is -0.135. The van der Waals surface area contributed by atoms with Crippen LogP contribution in [0.15, 0.2) is 60.7 Å². The highest BCUT2D eigenvalue weighted by Gasteiger charge is 2.46. The molecule has 2 fully saturated rings. The van der Waals surface area contributed by atoms with E-state index in [2.05, 4.69) is 53.8 Å². The average molecular weight is 291 g/mol. The number of benzene rings is 2. The second-order valence-corrected chi connectivity index (χ2v) is 6.49. The minimum Gasteiger partial charge on any atom is -0.302 e. The van der Waals surface area contributed by atoms with Crippen molar-refractivity contribution in [3.05, 3.63) is 71.8 Å². The van der Waals surface area contributed by atoms with Gasteiger partial charge in [-0.3, -0.25) is 4.79 Å². The summed E-state index contributed by atoms with van der Waals surface area (Å²) in [6.07, 6.45) is 3.20. The third kappa shape index (κ3) is 2.28. The van der Waals surface area contributed by atoms with Gasteiger partial charge in [-0.1, -0.05) is 67.1 Å². The number of fused-ring (bicyclic) bond motifs is 2. The fourth-order valence-electron chi connectivity index (χ4n) is 4.18. The van der Waals surface area contributed by atoms with Crippen LogP contribution in [0.1, 0.15) is 42.5 Å². The number of hydrogen-bond donors (Lipinski definition) is 1. The van der Waals surface area contributed by atoms with Gasteiger partial charge in [0.2, 0.25) is 0 Å². The molecule has 4 rings (SSSR count). The number of piperidine rings is 1. The standard InChI is InChI=1S/C20H21NO/c22-20-16-12-7-13-17(20)19(15-10-5-2-6-11-15)21-18(16)14-8-3-1-4-9-14/h1-6,8-11,16-19,21H,7,12-13H2/t16-,17+,18-,19-/m1/s1. The van der Waals surface area contributed by atoms with Gasteiger partial charge in [-0.2, -0.15) is 0 Å². The van der Waals surface area contributed by atoms with Crippen molar-refractivity contribution in [3.63, 3.8) is 0 Å². The fourth-order valence-corrected chi connectivity index (χ4v) is 4.18. The Kier molecular flexibility index (Phi) is 3.55. The van der Waals surface area contributed by atoms with Gasteiger partial charge in [-0.15, -0.1) is 0 Å². The molecule has 2 aromatic carbocycles. The SMILES string of the molecule is O=C1[C@H]2CCC[C@@H]1[C@@H](c1ccccc1)N[C@@H]2c1ccccc1. The molecule has 1 saturated carbocycles. The molecule has 0 aromatic heterocycles. The Morgan fingerprint density at radius 1 is 0.727 bits per heavy atom. The molecule has 22 heavy (non-hydrogen) atoms. The maximum absolute atomic E-state index is 12.9. The van der Waals surface area contributed by atoms with E-state index in [1.54, 1.807) is 0 Å². The number of carbonyl (C=O) groups is 1. The summed E-state index contributed by atoms with van der Waals surface area (Å²) >= 11 is 0. The van der Waals surface area contributed by atoms with Gasteiger partial charge in [0.15, 0.2) is 0 Å². The number of carbonyl (C=O) groups excluding carboxylic acids is 1. The van der Waals surface area contributed by atoms with Gasteiger partial charge in [0.1, 0.15) is 5.78 Å². The molecular formula is C20H21NO. The lowest BCUT2D eigenvalue weighted by Gasteiger charge is -2.45. The predicted octanol–water partition coefficient (Wildman–Crippen LogP) is 4.06. The van der Waals surface area contributed by atoms with E-state index in [0.717, 1.165) is 19.3 Å². The molecule has 1 heterocycles. The Labute approximate surface area is 131 Å². The van der Waals surface area contributed by atoms with E-state index in [9.17, 15) is 4.79 Å². The van der Waals surface area contributed by atoms with Crippen LogP contribution in [0.25, 0.3) is 0 Å². The molecule has 1 aliphatic heterocycles. The van der Waals surface area contributed by atoms with Crippen LogP contribution in [0, 0.1) is 11.8 Å². The van der Waals surface area contributed by atoms with Gasteiger partial charge >= 0.3 is 0 Å². The molecule has 2 heteroatoms. The minimum absolute atomic E-state index is 0.140. The largest absolute Gasteiger partial charge is 0.302 e. The lowest BCUT2D eigenvalue weighted by atomic mass is 9.67. The van der Waals surface area contributed by atoms with Crippen molar-refractivity contribution in [2.75, 3.05) is 0 Å². The molecule has 0 radical (unpaired) electrons. The first-order valence-electron chi connectivity index (χ1n) is 8.24. The van der Waals surface area contributed by atoms with E-state index in [1.807, 2.05) is 12.1 Å². The number of hydrogen-bond acceptors (Lipinski definition) is 2. The summed E-state index contributed by atoms with van der Waals surface area (Å²) in [7, 11) is 0. The molecule has 1 N–H and O–H groups in total. The Hall–Kier alpha value is -1.93. The van der Waals surface area contributed by atoms with Crippen LogP contribution < -0.4 is 5.32 Å². The average Bonchev–Trinajstić information content (AvgIpc) is 2.57. The van der Waals surface area contributed by atoms with E-state index < -0.39 is 0 Å². The van der Waals surface area contributed by atoms with Crippen molar-refractivity contribution in [2.45, 2.75) is 31.3 Å². The van der Waals surface area contributed by atoms with E-state index in [4.69, 9.17) is 0 Å². The minimum atomic E-state index is 0.140. The number of Topliss-reactive ketones (excluding diaryl/α,β-unsaturated/α-hetero) is 1. The molecule has 1 saturated heterocycles. The highest BCUT2D eigenvalue weighted by Crippen LogP contribution is 2.45. The van der Waals surface area contributed by atoms with Crippen LogP contribution in [0.3, 0.4) is 0 Å². The topological polar surface area (TPSA) is 29.1 Å². The Bertz CT molecular complexity index is 596. The molecule has 2 bridgehead atoms. The van der Waals surface area contributed by atoms with Crippen LogP contribution in [0.5, 0.6) is 0 Å². The summed E-state index contributed by atoms with van der Waals surface area (Å²) in [6.45, 7) is 0. The van der Waals surface area contributed by atoms with Gasteiger partial charge in [-0.05, 0) is 24.0 Å². The van der Waals surface area contributed by atoms with Crippen LogP contribution in [0.2, 0.25) is 0 Å². The number of rotatable bonds is 2. The maximum atomic E-state index is 12.9. The Morgan fingerprint density at radius 3 is 1.64 bits per heavy atom. The second-order valence-electron chi connectivity index (χ2n) is 6.49. The Balaban J connectivity index is 1.73. The number of nitrogens with one attached hydrogen (secondary N) is 1. The third-order valence-electron chi connectivity index (χ3n) is 5.24. The van der Waals surface area contributed by atoms with Crippen molar-refractivity contribution in [2.24, 2.45) is 11.8 Å². The summed E-state index contributed by atoms with van der Waals surface area (Å²) in [5, 5.41) is 3.80. The summed E-state index contributed by atoms with van der Waals surface area (Å²) in [5.41, 5.74) is 2.48. The monoisotopic (exact) mass is 291 g/mol. The van der Waals surface area contributed by atoms with E-state index >= 15 is 0 Å². The summed E-state index contributed by atoms with van der Waals surface area (Å²) in [5.74, 6) is 0.745. The summed E-state index contributed by atoms with van der Waals surface area (Å²) < 4.78 is 0. The van der Waals surface area contributed by atoms with Crippen molar-refractivity contribution >= 4 is 5.78 Å². The molecule has 2 aromatic rings. The highest BCUT2D eigenvalue weighted by atomic mass is 16.1. The van der Waals surface area contributed by atoms with Crippen LogP contribution >= 0.6 is 0 Å². The van der Waals surface area contributed by atoms with E-state index in [-0.39, 0.29) is 23.9 Å². The first-order chi connectivity index (χ1) is 10.8. The zero-order chi connectivity index (χ0) is 14.9. The van der Waals surface area contributed by atoms with Crippen molar-refractivity contribution in [1.82, 2.24) is 5.32 Å². The molecule has 1 aliphatic carbocycles. The lowest BCUT2D eigenvalue weighted by Crippen LogP contribution is -2.50. The van der Waals surface area contributed by atoms with Crippen molar-refractivity contribution < 1.29 is 4.79 Å². The van der Waals surface area contributed by atoms with E-state index in [0.29, 0.717) is 5.78 Å². The van der Waals surface area contributed by atoms with Crippen LogP contribution in [0.4, 0.5) is 0 Å². The maximum Gasteiger partial charge on any atom is 0.142 e. The molecule has 2 aliphatic rings. The molecule has 2 nitrogen and oxygen atoms in total. The Morgan fingerprint density at radius 2 is 1.18 bits per heavy atom. The van der Waals surface area contributed by atoms with Gasteiger partial charge in [0.25, 0.3) is 0 Å². The zero-order valence-electron chi connectivity index (χ0n) is 12.6.